The van der Waals surface area contributed by atoms with E-state index in [1.165, 1.54) is 0 Å². The summed E-state index contributed by atoms with van der Waals surface area (Å²) in [6, 6.07) is 12.2. The lowest BCUT2D eigenvalue weighted by Crippen LogP contribution is -2.14. The highest BCUT2D eigenvalue weighted by molar-refractivity contribution is 9.10. The molecule has 0 atom stereocenters. The number of rotatable bonds is 5. The monoisotopic (exact) mass is 388 g/mol. The Morgan fingerprint density at radius 3 is 2.43 bits per heavy atom. The molecule has 21 heavy (non-hydrogen) atoms. The smallest absolute Gasteiger partial charge is 0.344 e. The fourth-order valence-corrected chi connectivity index (χ4v) is 2.09. The molecule has 0 aliphatic carbocycles. The fourth-order valence-electron chi connectivity index (χ4n) is 1.51. The van der Waals surface area contributed by atoms with Gasteiger partial charge in [0.15, 0.2) is 6.61 Å². The van der Waals surface area contributed by atoms with Gasteiger partial charge >= 0.3 is 5.97 Å². The third-order valence-electron chi connectivity index (χ3n) is 2.55. The minimum Gasteiger partial charge on any atom is -0.482 e. The highest BCUT2D eigenvalue weighted by Gasteiger charge is 2.06. The number of carbonyl (C=O) groups is 1. The van der Waals surface area contributed by atoms with Gasteiger partial charge in [0.25, 0.3) is 0 Å². The quantitative estimate of drug-likeness (QED) is 0.683. The maximum absolute atomic E-state index is 11.6. The minimum absolute atomic E-state index is 0.124. The van der Waals surface area contributed by atoms with Crippen LogP contribution < -0.4 is 4.74 Å². The van der Waals surface area contributed by atoms with Crippen molar-refractivity contribution in [3.05, 3.63) is 62.5 Å². The average molecular weight is 390 g/mol. The van der Waals surface area contributed by atoms with Crippen LogP contribution in [0.3, 0.4) is 0 Å². The summed E-state index contributed by atoms with van der Waals surface area (Å²) in [5.74, 6) is 0.147. The first-order chi connectivity index (χ1) is 10.0. The van der Waals surface area contributed by atoms with Crippen molar-refractivity contribution in [2.24, 2.45) is 0 Å². The van der Waals surface area contributed by atoms with Crippen LogP contribution in [0.2, 0.25) is 10.0 Å². The number of ether oxygens (including phenoxy) is 2. The van der Waals surface area contributed by atoms with Gasteiger partial charge in [-0.2, -0.15) is 0 Å². The topological polar surface area (TPSA) is 35.5 Å². The van der Waals surface area contributed by atoms with Crippen molar-refractivity contribution in [1.29, 1.82) is 0 Å². The summed E-state index contributed by atoms with van der Waals surface area (Å²) in [6.07, 6.45) is 0. The normalized spacial score (nSPS) is 10.2. The molecule has 0 spiro atoms. The summed E-state index contributed by atoms with van der Waals surface area (Å²) < 4.78 is 11.3. The van der Waals surface area contributed by atoms with E-state index < -0.39 is 5.97 Å². The van der Waals surface area contributed by atoms with Gasteiger partial charge in [-0.3, -0.25) is 0 Å². The molecule has 110 valence electrons. The van der Waals surface area contributed by atoms with E-state index in [1.54, 1.807) is 30.3 Å². The van der Waals surface area contributed by atoms with Crippen LogP contribution in [0.15, 0.2) is 46.9 Å². The molecule has 2 rings (SSSR count). The summed E-state index contributed by atoms with van der Waals surface area (Å²) >= 11 is 15.0. The Balaban J connectivity index is 1.79. The molecule has 0 heterocycles. The van der Waals surface area contributed by atoms with Gasteiger partial charge < -0.3 is 9.47 Å². The Hall–Kier alpha value is -1.23. The Bertz CT molecular complexity index is 629. The summed E-state index contributed by atoms with van der Waals surface area (Å²) in [5, 5.41) is 0.890. The van der Waals surface area contributed by atoms with Crippen LogP contribution in [0.4, 0.5) is 0 Å². The Labute approximate surface area is 140 Å². The number of benzene rings is 2. The van der Waals surface area contributed by atoms with Gasteiger partial charge in [0.2, 0.25) is 0 Å². The van der Waals surface area contributed by atoms with Gasteiger partial charge in [0.05, 0.1) is 10.0 Å². The van der Waals surface area contributed by atoms with Gasteiger partial charge in [-0.1, -0.05) is 45.2 Å². The Morgan fingerprint density at radius 1 is 1.05 bits per heavy atom. The van der Waals surface area contributed by atoms with Crippen LogP contribution in [0.5, 0.6) is 5.75 Å². The van der Waals surface area contributed by atoms with Crippen molar-refractivity contribution >= 4 is 45.1 Å². The minimum atomic E-state index is -0.455. The summed E-state index contributed by atoms with van der Waals surface area (Å²) in [5.41, 5.74) is 0.765. The summed E-state index contributed by atoms with van der Waals surface area (Å²) in [4.78, 5) is 11.6. The Morgan fingerprint density at radius 2 is 1.76 bits per heavy atom. The van der Waals surface area contributed by atoms with E-state index in [0.29, 0.717) is 15.8 Å². The van der Waals surface area contributed by atoms with E-state index in [1.807, 2.05) is 12.1 Å². The molecule has 0 aliphatic rings. The number of halogens is 3. The first kappa shape index (κ1) is 16.1. The molecule has 0 radical (unpaired) electrons. The molecule has 0 aliphatic heterocycles. The molecule has 0 fully saturated rings. The molecular weight excluding hydrogens is 379 g/mol. The van der Waals surface area contributed by atoms with Crippen LogP contribution in [0.1, 0.15) is 5.56 Å². The highest BCUT2D eigenvalue weighted by Crippen LogP contribution is 2.23. The molecule has 0 aromatic heterocycles. The standard InChI is InChI=1S/C15H11BrCl2O3/c16-11-2-4-12(5-3-11)20-9-15(19)21-8-10-1-6-13(17)14(18)7-10/h1-7H,8-9H2. The van der Waals surface area contributed by atoms with Crippen molar-refractivity contribution in [2.45, 2.75) is 6.61 Å². The van der Waals surface area contributed by atoms with Crippen molar-refractivity contribution in [1.82, 2.24) is 0 Å². The third kappa shape index (κ3) is 5.23. The van der Waals surface area contributed by atoms with Crippen LogP contribution in [-0.2, 0) is 16.1 Å². The number of hydrogen-bond donors (Lipinski definition) is 0. The van der Waals surface area contributed by atoms with Crippen molar-refractivity contribution in [3.8, 4) is 5.75 Å². The van der Waals surface area contributed by atoms with Gasteiger partial charge in [-0.05, 0) is 42.0 Å². The van der Waals surface area contributed by atoms with Crippen LogP contribution in [0.25, 0.3) is 0 Å². The van der Waals surface area contributed by atoms with Crippen molar-refractivity contribution in [3.63, 3.8) is 0 Å². The summed E-state index contributed by atoms with van der Waals surface area (Å²) in [7, 11) is 0. The van der Waals surface area contributed by atoms with Crippen LogP contribution >= 0.6 is 39.1 Å². The molecule has 0 saturated heterocycles. The molecule has 0 bridgehead atoms. The molecule has 3 nitrogen and oxygen atoms in total. The first-order valence-electron chi connectivity index (χ1n) is 6.02. The number of esters is 1. The highest BCUT2D eigenvalue weighted by atomic mass is 79.9. The van der Waals surface area contributed by atoms with Crippen molar-refractivity contribution in [2.75, 3.05) is 6.61 Å². The lowest BCUT2D eigenvalue weighted by atomic mass is 10.2. The molecule has 0 saturated carbocycles. The van der Waals surface area contributed by atoms with E-state index >= 15 is 0 Å². The van der Waals surface area contributed by atoms with E-state index in [2.05, 4.69) is 15.9 Å². The third-order valence-corrected chi connectivity index (χ3v) is 3.82. The molecule has 0 N–H and O–H groups in total. The Kier molecular flexibility index (Phi) is 5.91. The lowest BCUT2D eigenvalue weighted by Gasteiger charge is -2.08. The van der Waals surface area contributed by atoms with Gasteiger partial charge in [0, 0.05) is 4.47 Å². The van der Waals surface area contributed by atoms with Crippen LogP contribution in [0, 0.1) is 0 Å². The second kappa shape index (κ2) is 7.69. The van der Waals surface area contributed by atoms with Gasteiger partial charge in [0.1, 0.15) is 12.4 Å². The fraction of sp³-hybridized carbons (Fsp3) is 0.133. The number of carbonyl (C=O) groups excluding carboxylic acids is 1. The van der Waals surface area contributed by atoms with E-state index in [-0.39, 0.29) is 13.2 Å². The van der Waals surface area contributed by atoms with Gasteiger partial charge in [-0.15, -0.1) is 0 Å². The predicted molar refractivity (Wildman–Crippen MR) is 85.9 cm³/mol. The van der Waals surface area contributed by atoms with Crippen LogP contribution in [-0.4, -0.2) is 12.6 Å². The first-order valence-corrected chi connectivity index (χ1v) is 7.57. The zero-order chi connectivity index (χ0) is 15.2. The summed E-state index contributed by atoms with van der Waals surface area (Å²) in [6.45, 7) is -0.0254. The molecular formula is C15H11BrCl2O3. The van der Waals surface area contributed by atoms with E-state index in [9.17, 15) is 4.79 Å². The maximum atomic E-state index is 11.6. The van der Waals surface area contributed by atoms with Gasteiger partial charge in [-0.25, -0.2) is 4.79 Å². The number of hydrogen-bond acceptors (Lipinski definition) is 3. The van der Waals surface area contributed by atoms with E-state index in [4.69, 9.17) is 32.7 Å². The molecule has 2 aromatic rings. The maximum Gasteiger partial charge on any atom is 0.344 e. The average Bonchev–Trinajstić information content (AvgIpc) is 2.48. The predicted octanol–water partition coefficient (Wildman–Crippen LogP) is 4.88. The zero-order valence-electron chi connectivity index (χ0n) is 10.8. The largest absolute Gasteiger partial charge is 0.482 e. The molecule has 2 aromatic carbocycles. The molecule has 0 unspecified atom stereocenters. The van der Waals surface area contributed by atoms with E-state index in [0.717, 1.165) is 10.0 Å². The van der Waals surface area contributed by atoms with Crippen molar-refractivity contribution < 1.29 is 14.3 Å². The second-order valence-corrected chi connectivity index (χ2v) is 5.88. The second-order valence-electron chi connectivity index (χ2n) is 4.15. The molecule has 6 heteroatoms. The SMILES string of the molecule is O=C(COc1ccc(Br)cc1)OCc1ccc(Cl)c(Cl)c1. The molecule has 0 amide bonds. The lowest BCUT2D eigenvalue weighted by molar-refractivity contribution is -0.147. The zero-order valence-corrected chi connectivity index (χ0v) is 13.9.